The summed E-state index contributed by atoms with van der Waals surface area (Å²) in [6.45, 7) is 2.48. The van der Waals surface area contributed by atoms with E-state index in [1.807, 2.05) is 37.3 Å². The molecule has 3 aromatic carbocycles. The van der Waals surface area contributed by atoms with Crippen LogP contribution in [-0.4, -0.2) is 29.3 Å². The van der Waals surface area contributed by atoms with Crippen molar-refractivity contribution in [1.82, 2.24) is 10.2 Å². The predicted octanol–water partition coefficient (Wildman–Crippen LogP) is 5.06. The van der Waals surface area contributed by atoms with E-state index in [-0.39, 0.29) is 24.8 Å². The molecule has 0 heterocycles. The van der Waals surface area contributed by atoms with Crippen LogP contribution in [0, 0.1) is 11.6 Å². The molecule has 0 saturated carbocycles. The molecule has 0 saturated heterocycles. The summed E-state index contributed by atoms with van der Waals surface area (Å²) in [5.74, 6) is -1.44. The maximum absolute atomic E-state index is 14.5. The zero-order chi connectivity index (χ0) is 24.3. The summed E-state index contributed by atoms with van der Waals surface area (Å²) in [6.07, 6.45) is 2.01. The zero-order valence-electron chi connectivity index (χ0n) is 19.3. The van der Waals surface area contributed by atoms with Gasteiger partial charge in [-0.05, 0) is 35.7 Å². The fraction of sp³-hybridized carbons (Fsp3) is 0.286. The second-order valence-corrected chi connectivity index (χ2v) is 8.27. The van der Waals surface area contributed by atoms with Crippen molar-refractivity contribution in [1.29, 1.82) is 0 Å². The van der Waals surface area contributed by atoms with E-state index < -0.39 is 17.7 Å². The van der Waals surface area contributed by atoms with Gasteiger partial charge in [0, 0.05) is 25.1 Å². The minimum Gasteiger partial charge on any atom is -0.354 e. The Morgan fingerprint density at radius 2 is 1.56 bits per heavy atom. The van der Waals surface area contributed by atoms with Gasteiger partial charge in [-0.15, -0.1) is 0 Å². The quantitative estimate of drug-likeness (QED) is 0.403. The number of amides is 2. The van der Waals surface area contributed by atoms with E-state index in [0.29, 0.717) is 24.1 Å². The Kier molecular flexibility index (Phi) is 9.32. The highest BCUT2D eigenvalue weighted by molar-refractivity contribution is 5.88. The lowest BCUT2D eigenvalue weighted by Crippen LogP contribution is -2.51. The van der Waals surface area contributed by atoms with Gasteiger partial charge in [-0.2, -0.15) is 0 Å². The number of nitrogens with one attached hydrogen (secondary N) is 1. The van der Waals surface area contributed by atoms with Crippen LogP contribution in [0.15, 0.2) is 78.9 Å². The molecule has 0 spiro atoms. The Hall–Kier alpha value is -3.54. The lowest BCUT2D eigenvalue weighted by molar-refractivity contribution is -0.140. The number of nitrogens with zero attached hydrogens (tertiary/aromatic N) is 1. The number of rotatable bonds is 11. The van der Waals surface area contributed by atoms with Crippen LogP contribution in [0.25, 0.3) is 0 Å². The van der Waals surface area contributed by atoms with Crippen molar-refractivity contribution >= 4 is 11.8 Å². The number of carbonyl (C=O) groups excluding carboxylic acids is 2. The predicted molar refractivity (Wildman–Crippen MR) is 129 cm³/mol. The van der Waals surface area contributed by atoms with Crippen molar-refractivity contribution in [2.45, 2.75) is 45.2 Å². The van der Waals surface area contributed by atoms with Crippen LogP contribution in [0.2, 0.25) is 0 Å². The van der Waals surface area contributed by atoms with Crippen LogP contribution in [-0.2, 0) is 29.0 Å². The maximum Gasteiger partial charge on any atom is 0.243 e. The first-order chi connectivity index (χ1) is 16.5. The van der Waals surface area contributed by atoms with Gasteiger partial charge >= 0.3 is 0 Å². The monoisotopic (exact) mass is 464 g/mol. The van der Waals surface area contributed by atoms with Gasteiger partial charge in [0.15, 0.2) is 0 Å². The van der Waals surface area contributed by atoms with Gasteiger partial charge in [-0.1, -0.05) is 74.0 Å². The Labute approximate surface area is 199 Å². The first-order valence-electron chi connectivity index (χ1n) is 11.6. The molecule has 1 atom stereocenters. The summed E-state index contributed by atoms with van der Waals surface area (Å²) in [4.78, 5) is 28.2. The molecule has 0 radical (unpaired) electrons. The fourth-order valence-corrected chi connectivity index (χ4v) is 3.75. The molecule has 0 aliphatic rings. The second kappa shape index (κ2) is 12.6. The molecule has 0 unspecified atom stereocenters. The van der Waals surface area contributed by atoms with Crippen molar-refractivity contribution in [3.05, 3.63) is 107 Å². The molecule has 0 bridgehead atoms. The average Bonchev–Trinajstić information content (AvgIpc) is 2.84. The van der Waals surface area contributed by atoms with E-state index >= 15 is 0 Å². The third-order valence-corrected chi connectivity index (χ3v) is 5.67. The number of hydrogen-bond donors (Lipinski definition) is 1. The third-order valence-electron chi connectivity index (χ3n) is 5.67. The summed E-state index contributed by atoms with van der Waals surface area (Å²) in [6, 6.07) is 20.5. The van der Waals surface area contributed by atoms with Gasteiger partial charge < -0.3 is 10.2 Å². The smallest absolute Gasteiger partial charge is 0.243 e. The van der Waals surface area contributed by atoms with Gasteiger partial charge in [0.25, 0.3) is 0 Å². The molecular formula is C28H30F2N2O2. The Morgan fingerprint density at radius 1 is 0.882 bits per heavy atom. The van der Waals surface area contributed by atoms with E-state index in [4.69, 9.17) is 0 Å². The Bertz CT molecular complexity index is 1070. The molecule has 178 valence electrons. The molecule has 3 aromatic rings. The molecule has 6 heteroatoms. The van der Waals surface area contributed by atoms with Crippen LogP contribution in [0.5, 0.6) is 0 Å². The van der Waals surface area contributed by atoms with Gasteiger partial charge in [0.1, 0.15) is 17.7 Å². The van der Waals surface area contributed by atoms with Crippen LogP contribution < -0.4 is 5.32 Å². The number of unbranched alkanes of at least 4 members (excludes halogenated alkanes) is 1. The van der Waals surface area contributed by atoms with E-state index in [1.165, 1.54) is 23.1 Å². The molecule has 1 N–H and O–H groups in total. The largest absolute Gasteiger partial charge is 0.354 e. The molecule has 0 aromatic heterocycles. The molecular weight excluding hydrogens is 434 g/mol. The molecule has 2 amide bonds. The minimum absolute atomic E-state index is 0.0255. The molecule has 4 nitrogen and oxygen atoms in total. The second-order valence-electron chi connectivity index (χ2n) is 8.27. The molecule has 0 aliphatic heterocycles. The Balaban J connectivity index is 1.94. The molecule has 0 fully saturated rings. The highest BCUT2D eigenvalue weighted by Gasteiger charge is 2.30. The fourth-order valence-electron chi connectivity index (χ4n) is 3.75. The van der Waals surface area contributed by atoms with E-state index in [2.05, 4.69) is 5.32 Å². The van der Waals surface area contributed by atoms with Crippen LogP contribution >= 0.6 is 0 Å². The standard InChI is InChI=1S/C28H30F2N2O2/c1-2-3-17-31-28(34)26(18-21-9-5-4-6-10-21)32(20-23-11-7-8-12-25(23)30)27(33)19-22-13-15-24(29)16-14-22/h4-16,26H,2-3,17-20H2,1H3,(H,31,34)/t26-/m1/s1. The lowest BCUT2D eigenvalue weighted by atomic mass is 10.0. The SMILES string of the molecule is CCCCNC(=O)[C@@H](Cc1ccccc1)N(Cc1ccccc1F)C(=O)Cc1ccc(F)cc1. The first kappa shape index (κ1) is 25.1. The van der Waals surface area contributed by atoms with Gasteiger partial charge in [-0.25, -0.2) is 8.78 Å². The van der Waals surface area contributed by atoms with E-state index in [9.17, 15) is 18.4 Å². The first-order valence-corrected chi connectivity index (χ1v) is 11.6. The molecule has 34 heavy (non-hydrogen) atoms. The van der Waals surface area contributed by atoms with E-state index in [0.717, 1.165) is 18.4 Å². The van der Waals surface area contributed by atoms with E-state index in [1.54, 1.807) is 30.3 Å². The number of benzene rings is 3. The molecule has 0 aliphatic carbocycles. The summed E-state index contributed by atoms with van der Waals surface area (Å²) in [7, 11) is 0. The number of hydrogen-bond acceptors (Lipinski definition) is 2. The van der Waals surface area contributed by atoms with Crippen molar-refractivity contribution in [3.8, 4) is 0 Å². The van der Waals surface area contributed by atoms with Crippen LogP contribution in [0.3, 0.4) is 0 Å². The summed E-state index contributed by atoms with van der Waals surface area (Å²) in [5.41, 5.74) is 1.84. The minimum atomic E-state index is -0.827. The highest BCUT2D eigenvalue weighted by atomic mass is 19.1. The zero-order valence-corrected chi connectivity index (χ0v) is 19.3. The van der Waals surface area contributed by atoms with Gasteiger partial charge in [0.05, 0.1) is 6.42 Å². The maximum atomic E-state index is 14.5. The van der Waals surface area contributed by atoms with Crippen molar-refractivity contribution in [3.63, 3.8) is 0 Å². The summed E-state index contributed by atoms with van der Waals surface area (Å²) in [5, 5.41) is 2.93. The van der Waals surface area contributed by atoms with Crippen LogP contribution in [0.4, 0.5) is 8.78 Å². The summed E-state index contributed by atoms with van der Waals surface area (Å²) < 4.78 is 27.9. The number of carbonyl (C=O) groups is 2. The molecule has 3 rings (SSSR count). The number of halogens is 2. The highest BCUT2D eigenvalue weighted by Crippen LogP contribution is 2.18. The van der Waals surface area contributed by atoms with Crippen LogP contribution in [0.1, 0.15) is 36.5 Å². The van der Waals surface area contributed by atoms with Crippen molar-refractivity contribution in [2.24, 2.45) is 0 Å². The lowest BCUT2D eigenvalue weighted by Gasteiger charge is -2.32. The average molecular weight is 465 g/mol. The van der Waals surface area contributed by atoms with Gasteiger partial charge in [0.2, 0.25) is 11.8 Å². The van der Waals surface area contributed by atoms with Crippen molar-refractivity contribution < 1.29 is 18.4 Å². The topological polar surface area (TPSA) is 49.4 Å². The van der Waals surface area contributed by atoms with Crippen molar-refractivity contribution in [2.75, 3.05) is 6.54 Å². The van der Waals surface area contributed by atoms with Gasteiger partial charge in [-0.3, -0.25) is 9.59 Å². The normalized spacial score (nSPS) is 11.6. The summed E-state index contributed by atoms with van der Waals surface area (Å²) >= 11 is 0. The Morgan fingerprint density at radius 3 is 2.24 bits per heavy atom. The third kappa shape index (κ3) is 7.24.